The normalized spacial score (nSPS) is 17.2. The largest absolute Gasteiger partial charge is 0.367 e. The van der Waals surface area contributed by atoms with Crippen LogP contribution in [0.2, 0.25) is 0 Å². The number of nitro groups is 1. The number of halogens is 2. The van der Waals surface area contributed by atoms with Gasteiger partial charge in [-0.05, 0) is 33.6 Å². The Labute approximate surface area is 137 Å². The molecule has 0 bridgehead atoms. The number of piperidine rings is 1. The van der Waals surface area contributed by atoms with Gasteiger partial charge in [-0.25, -0.2) is 13.6 Å². The zero-order chi connectivity index (χ0) is 18.1. The Bertz CT molecular complexity index is 619. The number of alkyl halides is 2. The van der Waals surface area contributed by atoms with E-state index < -0.39 is 28.1 Å². The van der Waals surface area contributed by atoms with E-state index in [4.69, 9.17) is 4.84 Å². The molecule has 24 heavy (non-hydrogen) atoms. The van der Waals surface area contributed by atoms with E-state index >= 15 is 0 Å². The second-order valence-electron chi connectivity index (χ2n) is 6.73. The van der Waals surface area contributed by atoms with Crippen molar-refractivity contribution in [1.82, 2.24) is 14.8 Å². The third-order valence-electron chi connectivity index (χ3n) is 3.77. The molecule has 0 saturated carbocycles. The summed E-state index contributed by atoms with van der Waals surface area (Å²) in [6.07, 6.45) is -0.986. The number of rotatable bonds is 4. The summed E-state index contributed by atoms with van der Waals surface area (Å²) in [4.78, 5) is 27.1. The van der Waals surface area contributed by atoms with Crippen LogP contribution in [0, 0.1) is 15.5 Å². The molecule has 0 aromatic carbocycles. The topological polar surface area (TPSA) is 90.5 Å². The van der Waals surface area contributed by atoms with Crippen molar-refractivity contribution in [3.05, 3.63) is 22.0 Å². The number of hydrogen-bond acceptors (Lipinski definition) is 6. The van der Waals surface area contributed by atoms with Gasteiger partial charge >= 0.3 is 11.7 Å². The molecule has 0 atom stereocenters. The van der Waals surface area contributed by atoms with Gasteiger partial charge in [-0.3, -0.25) is 14.8 Å². The summed E-state index contributed by atoms with van der Waals surface area (Å²) in [6, 6.07) is -0.249. The molecule has 1 fully saturated rings. The molecule has 2 heterocycles. The minimum absolute atomic E-state index is 0.249. The van der Waals surface area contributed by atoms with Crippen molar-refractivity contribution >= 4 is 11.7 Å². The van der Waals surface area contributed by atoms with Crippen LogP contribution in [0.25, 0.3) is 0 Å². The van der Waals surface area contributed by atoms with Crippen LogP contribution >= 0.6 is 0 Å². The summed E-state index contributed by atoms with van der Waals surface area (Å²) in [5.41, 5.74) is -2.11. The van der Waals surface area contributed by atoms with Crippen molar-refractivity contribution in [3.63, 3.8) is 0 Å². The lowest BCUT2D eigenvalue weighted by molar-refractivity contribution is -0.386. The maximum absolute atomic E-state index is 12.8. The van der Waals surface area contributed by atoms with Crippen LogP contribution in [0.15, 0.2) is 6.20 Å². The highest BCUT2D eigenvalue weighted by molar-refractivity contribution is 5.75. The molecule has 8 nitrogen and oxygen atoms in total. The Kier molecular flexibility index (Phi) is 5.16. The molecule has 0 unspecified atom stereocenters. The van der Waals surface area contributed by atoms with Gasteiger partial charge in [0.05, 0.1) is 16.4 Å². The second kappa shape index (κ2) is 6.80. The number of carbonyl (C=O) groups is 1. The smallest absolute Gasteiger partial charge is 0.330 e. The zero-order valence-corrected chi connectivity index (χ0v) is 13.7. The van der Waals surface area contributed by atoms with E-state index in [-0.39, 0.29) is 12.0 Å². The Hall–Kier alpha value is -2.10. The van der Waals surface area contributed by atoms with Gasteiger partial charge in [0, 0.05) is 13.1 Å². The van der Waals surface area contributed by atoms with Crippen LogP contribution in [0.3, 0.4) is 0 Å². The Morgan fingerprint density at radius 3 is 2.42 bits per heavy atom. The van der Waals surface area contributed by atoms with Gasteiger partial charge in [-0.15, -0.1) is 5.06 Å². The highest BCUT2D eigenvalue weighted by Gasteiger charge is 2.32. The molecule has 1 aliphatic rings. The van der Waals surface area contributed by atoms with E-state index in [1.165, 1.54) is 9.75 Å². The van der Waals surface area contributed by atoms with Crippen molar-refractivity contribution in [2.75, 3.05) is 13.1 Å². The molecule has 1 aromatic rings. The zero-order valence-electron chi connectivity index (χ0n) is 13.7. The molecule has 0 aliphatic carbocycles. The molecule has 0 radical (unpaired) electrons. The van der Waals surface area contributed by atoms with Crippen molar-refractivity contribution in [1.29, 1.82) is 0 Å². The first-order chi connectivity index (χ1) is 11.1. The lowest BCUT2D eigenvalue weighted by Gasteiger charge is -2.32. The predicted octanol–water partition coefficient (Wildman–Crippen LogP) is 2.87. The molecule has 0 spiro atoms. The van der Waals surface area contributed by atoms with Gasteiger partial charge in [0.2, 0.25) is 5.69 Å². The average Bonchev–Trinajstić information content (AvgIpc) is 2.92. The molecule has 1 saturated heterocycles. The van der Waals surface area contributed by atoms with Crippen LogP contribution in [0.4, 0.5) is 14.5 Å². The lowest BCUT2D eigenvalue weighted by atomic mass is 9.98. The van der Waals surface area contributed by atoms with Gasteiger partial charge in [0.1, 0.15) is 6.20 Å². The monoisotopic (exact) mass is 346 g/mol. The minimum Gasteiger partial charge on any atom is -0.367 e. The highest BCUT2D eigenvalue weighted by Crippen LogP contribution is 2.31. The van der Waals surface area contributed by atoms with E-state index in [1.807, 2.05) is 0 Å². The molecule has 2 rings (SSSR count). The van der Waals surface area contributed by atoms with E-state index in [1.54, 1.807) is 20.8 Å². The van der Waals surface area contributed by atoms with Crippen LogP contribution in [-0.4, -0.2) is 38.8 Å². The fourth-order valence-electron chi connectivity index (χ4n) is 2.33. The van der Waals surface area contributed by atoms with Crippen molar-refractivity contribution in [3.8, 4) is 0 Å². The van der Waals surface area contributed by atoms with Crippen LogP contribution in [0.1, 0.15) is 51.8 Å². The first kappa shape index (κ1) is 18.2. The standard InChI is InChI=1S/C14H20F2N4O4/c1-14(2,3)13(21)24-18-6-4-9(5-7-18)19-8-10(20(22)23)11(17-19)12(15)16/h8-9,12H,4-7H2,1-3H3. The van der Waals surface area contributed by atoms with E-state index in [0.29, 0.717) is 25.9 Å². The van der Waals surface area contributed by atoms with Gasteiger partial charge < -0.3 is 4.84 Å². The maximum Gasteiger partial charge on any atom is 0.330 e. The number of carbonyl (C=O) groups excluding carboxylic acids is 1. The molecule has 0 amide bonds. The number of nitrogens with zero attached hydrogens (tertiary/aromatic N) is 4. The van der Waals surface area contributed by atoms with Crippen LogP contribution < -0.4 is 0 Å². The fourth-order valence-corrected chi connectivity index (χ4v) is 2.33. The molecule has 134 valence electrons. The van der Waals surface area contributed by atoms with Crippen LogP contribution in [0.5, 0.6) is 0 Å². The first-order valence-corrected chi connectivity index (χ1v) is 7.58. The van der Waals surface area contributed by atoms with Crippen molar-refractivity contribution in [2.24, 2.45) is 5.41 Å². The molecule has 0 N–H and O–H groups in total. The summed E-state index contributed by atoms with van der Waals surface area (Å²) in [7, 11) is 0. The Morgan fingerprint density at radius 2 is 2.00 bits per heavy atom. The summed E-state index contributed by atoms with van der Waals surface area (Å²) < 4.78 is 26.9. The van der Waals surface area contributed by atoms with Crippen molar-refractivity contribution < 1.29 is 23.3 Å². The van der Waals surface area contributed by atoms with E-state index in [2.05, 4.69) is 5.10 Å². The van der Waals surface area contributed by atoms with Gasteiger partial charge in [-0.1, -0.05) is 0 Å². The van der Waals surface area contributed by atoms with E-state index in [0.717, 1.165) is 6.20 Å². The lowest BCUT2D eigenvalue weighted by Crippen LogP contribution is -2.39. The van der Waals surface area contributed by atoms with Gasteiger partial charge in [0.15, 0.2) is 0 Å². The molecule has 1 aromatic heterocycles. The summed E-state index contributed by atoms with van der Waals surface area (Å²) in [5, 5.41) is 16.0. The number of hydroxylamine groups is 2. The summed E-state index contributed by atoms with van der Waals surface area (Å²) in [5.74, 6) is -0.351. The predicted molar refractivity (Wildman–Crippen MR) is 79.2 cm³/mol. The Balaban J connectivity index is 2.01. The highest BCUT2D eigenvalue weighted by atomic mass is 19.3. The Morgan fingerprint density at radius 1 is 1.42 bits per heavy atom. The molecular weight excluding hydrogens is 326 g/mol. The summed E-state index contributed by atoms with van der Waals surface area (Å²) in [6.45, 7) is 6.05. The third kappa shape index (κ3) is 4.05. The molecule has 10 heteroatoms. The SMILES string of the molecule is CC(C)(C)C(=O)ON1CCC(n2cc([N+](=O)[O-])c(C(F)F)n2)CC1. The quantitative estimate of drug-likeness (QED) is 0.615. The maximum atomic E-state index is 12.8. The van der Waals surface area contributed by atoms with Gasteiger partial charge in [0.25, 0.3) is 6.43 Å². The van der Waals surface area contributed by atoms with E-state index in [9.17, 15) is 23.7 Å². The molecule has 1 aliphatic heterocycles. The average molecular weight is 346 g/mol. The first-order valence-electron chi connectivity index (χ1n) is 7.58. The van der Waals surface area contributed by atoms with Crippen LogP contribution in [-0.2, 0) is 9.63 Å². The minimum atomic E-state index is -3.00. The summed E-state index contributed by atoms with van der Waals surface area (Å²) >= 11 is 0. The molecular formula is C14H20F2N4O4. The third-order valence-corrected chi connectivity index (χ3v) is 3.77. The number of aromatic nitrogens is 2. The number of hydrogen-bond donors (Lipinski definition) is 0. The van der Waals surface area contributed by atoms with Crippen molar-refractivity contribution in [2.45, 2.75) is 46.1 Å². The fraction of sp³-hybridized carbons (Fsp3) is 0.714. The van der Waals surface area contributed by atoms with Gasteiger partial charge in [-0.2, -0.15) is 5.10 Å². The second-order valence-corrected chi connectivity index (χ2v) is 6.73.